The third-order valence-electron chi connectivity index (χ3n) is 3.69. The van der Waals surface area contributed by atoms with E-state index in [1.807, 2.05) is 19.1 Å². The first-order valence-corrected chi connectivity index (χ1v) is 6.84. The van der Waals surface area contributed by atoms with E-state index in [1.165, 1.54) is 12.8 Å². The van der Waals surface area contributed by atoms with Gasteiger partial charge in [0, 0.05) is 37.6 Å². The Morgan fingerprint density at radius 3 is 3.05 bits per heavy atom. The van der Waals surface area contributed by atoms with Crippen molar-refractivity contribution in [3.8, 4) is 0 Å². The van der Waals surface area contributed by atoms with Crippen LogP contribution in [0, 0.1) is 0 Å². The molecule has 5 heteroatoms. The van der Waals surface area contributed by atoms with E-state index < -0.39 is 0 Å². The third kappa shape index (κ3) is 3.04. The minimum atomic E-state index is -0.156. The fraction of sp³-hybridized carbons (Fsp3) is 0.571. The van der Waals surface area contributed by atoms with Crippen LogP contribution in [0.25, 0.3) is 0 Å². The maximum absolute atomic E-state index is 11.6. The van der Waals surface area contributed by atoms with Crippen LogP contribution in [-0.2, 0) is 0 Å². The van der Waals surface area contributed by atoms with Crippen molar-refractivity contribution < 1.29 is 4.79 Å². The van der Waals surface area contributed by atoms with Gasteiger partial charge >= 0.3 is 0 Å². The molecule has 0 spiro atoms. The molecule has 0 radical (unpaired) electrons. The minimum Gasteiger partial charge on any atom is -0.367 e. The third-order valence-corrected chi connectivity index (χ3v) is 3.69. The van der Waals surface area contributed by atoms with Crippen LogP contribution in [0.4, 0.5) is 5.69 Å². The summed E-state index contributed by atoms with van der Waals surface area (Å²) < 4.78 is 0. The van der Waals surface area contributed by atoms with Gasteiger partial charge in [-0.1, -0.05) is 0 Å². The number of piperidine rings is 1. The van der Waals surface area contributed by atoms with Gasteiger partial charge in [0.1, 0.15) is 5.69 Å². The van der Waals surface area contributed by atoms with Gasteiger partial charge in [-0.3, -0.25) is 9.78 Å². The van der Waals surface area contributed by atoms with Crippen LogP contribution in [0.5, 0.6) is 0 Å². The molecule has 1 aliphatic heterocycles. The number of aromatic nitrogens is 1. The second-order valence-corrected chi connectivity index (χ2v) is 5.09. The summed E-state index contributed by atoms with van der Waals surface area (Å²) in [6.07, 6.45) is 5.18. The SMILES string of the molecule is CNC(=O)c1cc(N2CCCCC2C(C)N)ccn1. The number of hydrogen-bond donors (Lipinski definition) is 2. The van der Waals surface area contributed by atoms with Gasteiger partial charge in [0.05, 0.1) is 0 Å². The molecule has 1 aromatic rings. The summed E-state index contributed by atoms with van der Waals surface area (Å²) in [5, 5.41) is 2.60. The number of nitrogens with zero attached hydrogens (tertiary/aromatic N) is 2. The lowest BCUT2D eigenvalue weighted by Crippen LogP contribution is -2.49. The molecule has 3 N–H and O–H groups in total. The Hall–Kier alpha value is -1.62. The zero-order valence-corrected chi connectivity index (χ0v) is 11.6. The average molecular weight is 262 g/mol. The molecule has 0 saturated carbocycles. The number of pyridine rings is 1. The highest BCUT2D eigenvalue weighted by Crippen LogP contribution is 2.26. The molecule has 2 heterocycles. The Bertz CT molecular complexity index is 447. The van der Waals surface area contributed by atoms with Crippen LogP contribution in [0.3, 0.4) is 0 Å². The predicted octanol–water partition coefficient (Wildman–Crippen LogP) is 1.15. The van der Waals surface area contributed by atoms with E-state index >= 15 is 0 Å². The summed E-state index contributed by atoms with van der Waals surface area (Å²) in [7, 11) is 1.61. The first kappa shape index (κ1) is 13.8. The van der Waals surface area contributed by atoms with Crippen molar-refractivity contribution in [3.63, 3.8) is 0 Å². The molecule has 0 bridgehead atoms. The topological polar surface area (TPSA) is 71.2 Å². The number of amides is 1. The van der Waals surface area contributed by atoms with Gasteiger partial charge in [-0.25, -0.2) is 0 Å². The molecule has 1 amide bonds. The summed E-state index contributed by atoms with van der Waals surface area (Å²) in [5.41, 5.74) is 7.57. The first-order valence-electron chi connectivity index (χ1n) is 6.84. The number of nitrogens with two attached hydrogens (primary N) is 1. The number of carbonyl (C=O) groups is 1. The highest BCUT2D eigenvalue weighted by molar-refractivity contribution is 5.92. The summed E-state index contributed by atoms with van der Waals surface area (Å²) >= 11 is 0. The summed E-state index contributed by atoms with van der Waals surface area (Å²) in [4.78, 5) is 18.1. The normalized spacial score (nSPS) is 21.0. The Kier molecular flexibility index (Phi) is 4.37. The second-order valence-electron chi connectivity index (χ2n) is 5.09. The minimum absolute atomic E-state index is 0.122. The van der Waals surface area contributed by atoms with Crippen molar-refractivity contribution >= 4 is 11.6 Å². The van der Waals surface area contributed by atoms with Crippen molar-refractivity contribution in [1.29, 1.82) is 0 Å². The summed E-state index contributed by atoms with van der Waals surface area (Å²) in [5.74, 6) is -0.156. The molecule has 0 aromatic carbocycles. The van der Waals surface area contributed by atoms with Crippen LogP contribution in [0.1, 0.15) is 36.7 Å². The van der Waals surface area contributed by atoms with Gasteiger partial charge in [0.25, 0.3) is 5.91 Å². The van der Waals surface area contributed by atoms with E-state index in [9.17, 15) is 4.79 Å². The Balaban J connectivity index is 2.26. The Labute approximate surface area is 114 Å². The highest BCUT2D eigenvalue weighted by Gasteiger charge is 2.26. The first-order chi connectivity index (χ1) is 9.13. The lowest BCUT2D eigenvalue weighted by molar-refractivity contribution is 0.0958. The molecule has 1 aliphatic rings. The van der Waals surface area contributed by atoms with Crippen LogP contribution in [-0.4, -0.2) is 36.6 Å². The van der Waals surface area contributed by atoms with Gasteiger partial charge in [-0.15, -0.1) is 0 Å². The molecule has 2 rings (SSSR count). The largest absolute Gasteiger partial charge is 0.367 e. The number of hydrogen-bond acceptors (Lipinski definition) is 4. The number of nitrogens with one attached hydrogen (secondary N) is 1. The fourth-order valence-corrected chi connectivity index (χ4v) is 2.67. The average Bonchev–Trinajstić information content (AvgIpc) is 2.46. The Morgan fingerprint density at radius 2 is 2.37 bits per heavy atom. The molecular weight excluding hydrogens is 240 g/mol. The van der Waals surface area contributed by atoms with E-state index in [1.54, 1.807) is 13.2 Å². The van der Waals surface area contributed by atoms with Crippen molar-refractivity contribution in [2.75, 3.05) is 18.5 Å². The highest BCUT2D eigenvalue weighted by atomic mass is 16.1. The van der Waals surface area contributed by atoms with Crippen molar-refractivity contribution in [1.82, 2.24) is 10.3 Å². The Morgan fingerprint density at radius 1 is 1.58 bits per heavy atom. The molecule has 0 aliphatic carbocycles. The molecule has 2 atom stereocenters. The second kappa shape index (κ2) is 6.02. The van der Waals surface area contributed by atoms with Crippen molar-refractivity contribution in [2.24, 2.45) is 5.73 Å². The van der Waals surface area contributed by atoms with Crippen molar-refractivity contribution in [2.45, 2.75) is 38.3 Å². The fourth-order valence-electron chi connectivity index (χ4n) is 2.67. The standard InChI is InChI=1S/C14H22N4O/c1-10(15)13-5-3-4-8-18(13)11-6-7-17-12(9-11)14(19)16-2/h6-7,9-10,13H,3-5,8,15H2,1-2H3,(H,16,19). The summed E-state index contributed by atoms with van der Waals surface area (Å²) in [6.45, 7) is 3.03. The molecule has 2 unspecified atom stereocenters. The predicted molar refractivity (Wildman–Crippen MR) is 76.3 cm³/mol. The molecule has 5 nitrogen and oxygen atoms in total. The van der Waals surface area contributed by atoms with E-state index in [0.29, 0.717) is 11.7 Å². The van der Waals surface area contributed by atoms with Crippen LogP contribution in [0.2, 0.25) is 0 Å². The van der Waals surface area contributed by atoms with Crippen molar-refractivity contribution in [3.05, 3.63) is 24.0 Å². The van der Waals surface area contributed by atoms with E-state index in [-0.39, 0.29) is 11.9 Å². The van der Waals surface area contributed by atoms with Gasteiger partial charge in [0.15, 0.2) is 0 Å². The molecule has 19 heavy (non-hydrogen) atoms. The lowest BCUT2D eigenvalue weighted by atomic mass is 9.96. The molecule has 1 fully saturated rings. The maximum Gasteiger partial charge on any atom is 0.269 e. The maximum atomic E-state index is 11.6. The smallest absolute Gasteiger partial charge is 0.269 e. The number of anilines is 1. The summed E-state index contributed by atoms with van der Waals surface area (Å²) in [6, 6.07) is 4.26. The van der Waals surface area contributed by atoms with E-state index in [4.69, 9.17) is 5.73 Å². The zero-order valence-electron chi connectivity index (χ0n) is 11.6. The quantitative estimate of drug-likeness (QED) is 0.857. The number of rotatable bonds is 3. The van der Waals surface area contributed by atoms with Crippen LogP contribution < -0.4 is 16.0 Å². The number of carbonyl (C=O) groups excluding carboxylic acids is 1. The van der Waals surface area contributed by atoms with Crippen LogP contribution in [0.15, 0.2) is 18.3 Å². The van der Waals surface area contributed by atoms with Gasteiger partial charge in [0.2, 0.25) is 0 Å². The lowest BCUT2D eigenvalue weighted by Gasteiger charge is -2.39. The van der Waals surface area contributed by atoms with Gasteiger partial charge in [-0.2, -0.15) is 0 Å². The van der Waals surface area contributed by atoms with E-state index in [2.05, 4.69) is 15.2 Å². The van der Waals surface area contributed by atoms with Gasteiger partial charge < -0.3 is 16.0 Å². The monoisotopic (exact) mass is 262 g/mol. The van der Waals surface area contributed by atoms with E-state index in [0.717, 1.165) is 18.7 Å². The zero-order chi connectivity index (χ0) is 13.8. The molecular formula is C14H22N4O. The van der Waals surface area contributed by atoms with Gasteiger partial charge in [-0.05, 0) is 38.3 Å². The van der Waals surface area contributed by atoms with Crippen LogP contribution >= 0.6 is 0 Å². The molecule has 1 saturated heterocycles. The molecule has 104 valence electrons. The molecule has 1 aromatic heterocycles.